The van der Waals surface area contributed by atoms with Crippen molar-refractivity contribution in [3.8, 4) is 0 Å². The maximum absolute atomic E-state index is 6.38. The zero-order valence-electron chi connectivity index (χ0n) is 12.5. The summed E-state index contributed by atoms with van der Waals surface area (Å²) in [4.78, 5) is 2.71. The fourth-order valence-electron chi connectivity index (χ4n) is 4.32. The van der Waals surface area contributed by atoms with Gasteiger partial charge in [-0.1, -0.05) is 46.0 Å². The van der Waals surface area contributed by atoms with Gasteiger partial charge in [0.2, 0.25) is 0 Å². The van der Waals surface area contributed by atoms with Gasteiger partial charge in [-0.05, 0) is 31.1 Å². The van der Waals surface area contributed by atoms with Crippen LogP contribution >= 0.6 is 0 Å². The maximum atomic E-state index is 6.38. The molecule has 2 rings (SSSR count). The lowest BCUT2D eigenvalue weighted by Gasteiger charge is -2.55. The van der Waals surface area contributed by atoms with Crippen molar-refractivity contribution in [1.82, 2.24) is 4.90 Å². The Balaban J connectivity index is 1.88. The van der Waals surface area contributed by atoms with Crippen molar-refractivity contribution in [2.24, 2.45) is 11.1 Å². The monoisotopic (exact) mass is 252 g/mol. The molecule has 0 aromatic heterocycles. The van der Waals surface area contributed by atoms with E-state index in [9.17, 15) is 0 Å². The van der Waals surface area contributed by atoms with Crippen LogP contribution in [0.5, 0.6) is 0 Å². The first-order chi connectivity index (χ1) is 8.71. The lowest BCUT2D eigenvalue weighted by molar-refractivity contribution is -0.0518. The van der Waals surface area contributed by atoms with Gasteiger partial charge < -0.3 is 5.73 Å². The van der Waals surface area contributed by atoms with E-state index in [1.165, 1.54) is 70.9 Å². The Morgan fingerprint density at radius 3 is 2.22 bits per heavy atom. The minimum Gasteiger partial charge on any atom is -0.326 e. The maximum Gasteiger partial charge on any atom is 0.0247 e. The molecule has 1 aliphatic heterocycles. The van der Waals surface area contributed by atoms with E-state index < -0.39 is 0 Å². The van der Waals surface area contributed by atoms with E-state index in [0.717, 1.165) is 0 Å². The summed E-state index contributed by atoms with van der Waals surface area (Å²) < 4.78 is 0. The van der Waals surface area contributed by atoms with Crippen LogP contribution in [-0.2, 0) is 0 Å². The summed E-state index contributed by atoms with van der Waals surface area (Å²) in [6.07, 6.45) is 12.2. The average Bonchev–Trinajstić information content (AvgIpc) is 2.50. The Bertz CT molecular complexity index is 237. The Labute approximate surface area is 113 Å². The van der Waals surface area contributed by atoms with E-state index in [-0.39, 0.29) is 0 Å². The molecular formula is C16H32N2. The topological polar surface area (TPSA) is 29.3 Å². The zero-order valence-corrected chi connectivity index (χ0v) is 12.5. The normalized spacial score (nSPS) is 32.8. The Morgan fingerprint density at radius 2 is 1.61 bits per heavy atom. The van der Waals surface area contributed by atoms with Gasteiger partial charge in [-0.3, -0.25) is 4.90 Å². The fourth-order valence-corrected chi connectivity index (χ4v) is 4.32. The number of rotatable bonds is 5. The van der Waals surface area contributed by atoms with E-state index in [1.807, 2.05) is 0 Å². The van der Waals surface area contributed by atoms with Crippen molar-refractivity contribution >= 4 is 0 Å². The molecule has 2 aliphatic rings. The van der Waals surface area contributed by atoms with Crippen LogP contribution in [0.3, 0.4) is 0 Å². The summed E-state index contributed by atoms with van der Waals surface area (Å²) >= 11 is 0. The van der Waals surface area contributed by atoms with Crippen molar-refractivity contribution in [2.45, 2.75) is 83.7 Å². The smallest absolute Gasteiger partial charge is 0.0247 e. The van der Waals surface area contributed by atoms with Gasteiger partial charge in [0.25, 0.3) is 0 Å². The van der Waals surface area contributed by atoms with Gasteiger partial charge in [0.05, 0.1) is 0 Å². The van der Waals surface area contributed by atoms with E-state index in [2.05, 4.69) is 18.7 Å². The van der Waals surface area contributed by atoms with Gasteiger partial charge in [-0.2, -0.15) is 0 Å². The lowest BCUT2D eigenvalue weighted by Crippen LogP contribution is -2.63. The highest BCUT2D eigenvalue weighted by molar-refractivity contribution is 4.99. The Morgan fingerprint density at radius 1 is 1.00 bits per heavy atom. The number of hydrogen-bond acceptors (Lipinski definition) is 2. The molecular weight excluding hydrogens is 220 g/mol. The molecule has 1 aliphatic carbocycles. The van der Waals surface area contributed by atoms with Gasteiger partial charge in [0.15, 0.2) is 0 Å². The first-order valence-electron chi connectivity index (χ1n) is 8.20. The lowest BCUT2D eigenvalue weighted by atomic mass is 9.71. The summed E-state index contributed by atoms with van der Waals surface area (Å²) in [5.74, 6) is 0. The minimum absolute atomic E-state index is 0.439. The van der Waals surface area contributed by atoms with Gasteiger partial charge in [-0.15, -0.1) is 0 Å². The summed E-state index contributed by atoms with van der Waals surface area (Å²) in [6, 6.07) is 1.13. The molecule has 1 saturated heterocycles. The molecule has 2 nitrogen and oxygen atoms in total. The second-order valence-electron chi connectivity index (χ2n) is 6.77. The first-order valence-corrected chi connectivity index (χ1v) is 8.20. The molecule has 0 aromatic carbocycles. The highest BCUT2D eigenvalue weighted by atomic mass is 15.2. The molecule has 106 valence electrons. The van der Waals surface area contributed by atoms with Crippen molar-refractivity contribution in [3.05, 3.63) is 0 Å². The van der Waals surface area contributed by atoms with E-state index >= 15 is 0 Å². The Kier molecular flexibility index (Phi) is 5.08. The van der Waals surface area contributed by atoms with E-state index in [1.54, 1.807) is 0 Å². The molecule has 0 amide bonds. The van der Waals surface area contributed by atoms with E-state index in [0.29, 0.717) is 17.5 Å². The summed E-state index contributed by atoms with van der Waals surface area (Å²) in [7, 11) is 0. The fraction of sp³-hybridized carbons (Fsp3) is 1.00. The third-order valence-corrected chi connectivity index (χ3v) is 5.14. The van der Waals surface area contributed by atoms with Crippen LogP contribution in [0.2, 0.25) is 0 Å². The molecule has 1 heterocycles. The van der Waals surface area contributed by atoms with Crippen LogP contribution < -0.4 is 5.73 Å². The highest BCUT2D eigenvalue weighted by Gasteiger charge is 2.44. The third-order valence-electron chi connectivity index (χ3n) is 5.14. The minimum atomic E-state index is 0.439. The molecule has 0 spiro atoms. The van der Waals surface area contributed by atoms with Gasteiger partial charge in [0.1, 0.15) is 0 Å². The molecule has 18 heavy (non-hydrogen) atoms. The number of nitrogens with two attached hydrogens (primary N) is 1. The molecule has 2 unspecified atom stereocenters. The van der Waals surface area contributed by atoms with E-state index in [4.69, 9.17) is 5.73 Å². The number of nitrogens with zero attached hydrogens (tertiary/aromatic N) is 1. The summed E-state index contributed by atoms with van der Waals surface area (Å²) in [5, 5.41) is 0. The standard InChI is InChI=1S/C16H32N2/c1-3-10-16(11-4-2)12-18(13-16)15-9-7-5-6-8-14(15)17/h14-15H,3-13,17H2,1-2H3. The van der Waals surface area contributed by atoms with Crippen molar-refractivity contribution < 1.29 is 0 Å². The van der Waals surface area contributed by atoms with Crippen molar-refractivity contribution in [3.63, 3.8) is 0 Å². The number of hydrogen-bond donors (Lipinski definition) is 1. The highest BCUT2D eigenvalue weighted by Crippen LogP contribution is 2.42. The van der Waals surface area contributed by atoms with Crippen LogP contribution in [0.4, 0.5) is 0 Å². The zero-order chi connectivity index (χ0) is 13.0. The van der Waals surface area contributed by atoms with Crippen molar-refractivity contribution in [1.29, 1.82) is 0 Å². The van der Waals surface area contributed by atoms with Gasteiger partial charge >= 0.3 is 0 Å². The predicted molar refractivity (Wildman–Crippen MR) is 78.7 cm³/mol. The molecule has 0 bridgehead atoms. The van der Waals surface area contributed by atoms with Crippen LogP contribution in [-0.4, -0.2) is 30.1 Å². The molecule has 0 radical (unpaired) electrons. The summed E-state index contributed by atoms with van der Waals surface area (Å²) in [5.41, 5.74) is 7.03. The second kappa shape index (κ2) is 6.38. The van der Waals surface area contributed by atoms with Crippen LogP contribution in [0.25, 0.3) is 0 Å². The van der Waals surface area contributed by atoms with Crippen molar-refractivity contribution in [2.75, 3.05) is 13.1 Å². The molecule has 0 aromatic rings. The van der Waals surface area contributed by atoms with Gasteiger partial charge in [-0.25, -0.2) is 0 Å². The quantitative estimate of drug-likeness (QED) is 0.758. The molecule has 2 fully saturated rings. The second-order valence-corrected chi connectivity index (χ2v) is 6.77. The first kappa shape index (κ1) is 14.3. The molecule has 2 heteroatoms. The summed E-state index contributed by atoms with van der Waals surface area (Å²) in [6.45, 7) is 7.31. The molecule has 2 N–H and O–H groups in total. The van der Waals surface area contributed by atoms with Crippen LogP contribution in [0.15, 0.2) is 0 Å². The molecule has 2 atom stereocenters. The van der Waals surface area contributed by atoms with Gasteiger partial charge in [0, 0.05) is 25.2 Å². The third kappa shape index (κ3) is 3.08. The predicted octanol–water partition coefficient (Wildman–Crippen LogP) is 3.55. The van der Waals surface area contributed by atoms with Crippen LogP contribution in [0.1, 0.15) is 71.6 Å². The largest absolute Gasteiger partial charge is 0.326 e. The van der Waals surface area contributed by atoms with Crippen LogP contribution in [0, 0.1) is 5.41 Å². The number of likely N-dealkylation sites (tertiary alicyclic amines) is 1. The SMILES string of the molecule is CCCC1(CCC)CN(C2CCCCCC2N)C1. The average molecular weight is 252 g/mol. The molecule has 1 saturated carbocycles. The Hall–Kier alpha value is -0.0800.